The van der Waals surface area contributed by atoms with Crippen LogP contribution in [0.5, 0.6) is 5.75 Å². The van der Waals surface area contributed by atoms with Gasteiger partial charge in [0.25, 0.3) is 11.6 Å². The minimum Gasteiger partial charge on any atom is -0.492 e. The van der Waals surface area contributed by atoms with Crippen molar-refractivity contribution in [3.8, 4) is 5.75 Å². The van der Waals surface area contributed by atoms with Crippen LogP contribution in [0, 0.1) is 5.92 Å². The highest BCUT2D eigenvalue weighted by Crippen LogP contribution is 2.43. The monoisotopic (exact) mass is 569 g/mol. The molecule has 1 saturated carbocycles. The fourth-order valence-electron chi connectivity index (χ4n) is 7.24. The number of amides is 2. The highest BCUT2D eigenvalue weighted by molar-refractivity contribution is 5.98. The molecule has 0 bridgehead atoms. The molecule has 2 fully saturated rings. The van der Waals surface area contributed by atoms with E-state index in [0.29, 0.717) is 17.9 Å². The van der Waals surface area contributed by atoms with E-state index in [2.05, 4.69) is 39.8 Å². The van der Waals surface area contributed by atoms with Crippen molar-refractivity contribution in [1.82, 2.24) is 20.9 Å². The molecule has 5 aliphatic rings. The summed E-state index contributed by atoms with van der Waals surface area (Å²) in [6.45, 7) is 4.77. The molecule has 1 spiro atoms. The van der Waals surface area contributed by atoms with E-state index in [4.69, 9.17) is 16.2 Å². The van der Waals surface area contributed by atoms with Gasteiger partial charge in [0.1, 0.15) is 17.8 Å². The first kappa shape index (κ1) is 27.6. The van der Waals surface area contributed by atoms with Crippen molar-refractivity contribution >= 4 is 23.7 Å². The van der Waals surface area contributed by atoms with Crippen molar-refractivity contribution in [3.05, 3.63) is 29.3 Å². The number of rotatable bonds is 5. The van der Waals surface area contributed by atoms with E-state index in [1.54, 1.807) is 12.1 Å². The molecule has 13 nitrogen and oxygen atoms in total. The molecule has 1 aromatic rings. The molecule has 0 aromatic heterocycles. The van der Waals surface area contributed by atoms with E-state index in [1.165, 1.54) is 4.90 Å². The van der Waals surface area contributed by atoms with Gasteiger partial charge in [-0.1, -0.05) is 45.2 Å². The van der Waals surface area contributed by atoms with E-state index in [9.17, 15) is 19.8 Å². The standard InChI is InChI=1S/C28H40N8O5/c1-26(2)11-12-41-20-16(9-6-10-17(20)26)23(38)33-19-14-36-25(30)32-18(13-31-22(37)15-7-4-3-5-8-15)21-27(36,28(19,39)40)35-24(29)34-21/h6,9-10,15,18-19,21,39-40H,3-5,7-8,11-14H2,1-2H3,(H2,30,32)(H,31,37)(H,33,38)(H3,29,34,35)/p+1/t18-,19?,21-,27-/m0/s1. The van der Waals surface area contributed by atoms with Crippen LogP contribution in [0.15, 0.2) is 23.2 Å². The predicted molar refractivity (Wildman–Crippen MR) is 150 cm³/mol. The number of hydrogen-bond acceptors (Lipinski definition) is 10. The smallest absolute Gasteiger partial charge is 0.343 e. The molecule has 4 atom stereocenters. The Balaban J connectivity index is 1.25. The number of benzene rings is 1. The number of aliphatic hydroxyl groups is 2. The van der Waals surface area contributed by atoms with Gasteiger partial charge in [0, 0.05) is 18.0 Å². The number of fused-ring (bicyclic) bond motifs is 1. The second-order valence-corrected chi connectivity index (χ2v) is 12.6. The van der Waals surface area contributed by atoms with E-state index >= 15 is 0 Å². The van der Waals surface area contributed by atoms with Crippen molar-refractivity contribution in [2.24, 2.45) is 22.4 Å². The van der Waals surface area contributed by atoms with Crippen LogP contribution in [0.1, 0.15) is 68.3 Å². The fraction of sp³-hybridized carbons (Fsp3) is 0.643. The summed E-state index contributed by atoms with van der Waals surface area (Å²) in [6.07, 6.45) is 5.74. The molecule has 222 valence electrons. The molecule has 2 amide bonds. The largest absolute Gasteiger partial charge is 0.492 e. The minimum atomic E-state index is -2.54. The SMILES string of the molecule is CC1(C)CCOc2c(C(=O)NC3CN4C(N)=N[C@@H](CNC(=O)C5CCCCC5)[C@@H]5[NH+]=C(N)N[C@@]54C3(O)O)cccc21. The molecular formula is C28H41N8O5+. The first-order chi connectivity index (χ1) is 19.5. The number of ether oxygens (including phenoxy) is 1. The zero-order chi connectivity index (χ0) is 29.2. The number of para-hydroxylation sites is 1. The Hall–Kier alpha value is -3.58. The van der Waals surface area contributed by atoms with Gasteiger partial charge < -0.3 is 31.3 Å². The van der Waals surface area contributed by atoms with Gasteiger partial charge in [-0.2, -0.15) is 0 Å². The number of guanidine groups is 2. The van der Waals surface area contributed by atoms with Crippen LogP contribution >= 0.6 is 0 Å². The van der Waals surface area contributed by atoms with Crippen molar-refractivity contribution in [3.63, 3.8) is 0 Å². The van der Waals surface area contributed by atoms with Gasteiger partial charge in [0.15, 0.2) is 12.0 Å². The normalized spacial score (nSPS) is 31.4. The molecule has 1 aromatic carbocycles. The van der Waals surface area contributed by atoms with E-state index in [1.807, 2.05) is 6.07 Å². The Morgan fingerprint density at radius 1 is 1.22 bits per heavy atom. The average molecular weight is 570 g/mol. The first-order valence-corrected chi connectivity index (χ1v) is 14.5. The maximum atomic E-state index is 13.6. The zero-order valence-electron chi connectivity index (χ0n) is 23.6. The zero-order valence-corrected chi connectivity index (χ0v) is 23.6. The summed E-state index contributed by atoms with van der Waals surface area (Å²) in [5.74, 6) is -2.45. The van der Waals surface area contributed by atoms with Gasteiger partial charge in [0.05, 0.1) is 18.7 Å². The highest BCUT2D eigenvalue weighted by Gasteiger charge is 2.76. The van der Waals surface area contributed by atoms with Crippen molar-refractivity contribution in [1.29, 1.82) is 0 Å². The van der Waals surface area contributed by atoms with Crippen LogP contribution in [0.2, 0.25) is 0 Å². The number of carbonyl (C=O) groups excluding carboxylic acids is 2. The summed E-state index contributed by atoms with van der Waals surface area (Å²) in [7, 11) is 0. The maximum Gasteiger partial charge on any atom is 0.343 e. The number of aliphatic imine (C=N–C) groups is 1. The van der Waals surface area contributed by atoms with Gasteiger partial charge in [-0.05, 0) is 30.7 Å². The van der Waals surface area contributed by atoms with Crippen LogP contribution in [0.3, 0.4) is 0 Å². The summed E-state index contributed by atoms with van der Waals surface area (Å²) in [5, 5.41) is 32.3. The van der Waals surface area contributed by atoms with Gasteiger partial charge in [0.2, 0.25) is 11.7 Å². The molecular weight excluding hydrogens is 528 g/mol. The third-order valence-electron chi connectivity index (χ3n) is 9.61. The van der Waals surface area contributed by atoms with Crippen LogP contribution < -0.4 is 37.1 Å². The molecule has 13 heteroatoms. The molecule has 0 radical (unpaired) electrons. The van der Waals surface area contributed by atoms with Crippen LogP contribution in [-0.2, 0) is 10.2 Å². The topological polar surface area (TPSA) is 202 Å². The maximum absolute atomic E-state index is 13.6. The number of nitrogens with zero attached hydrogens (tertiary/aromatic N) is 2. The Kier molecular flexibility index (Phi) is 6.57. The van der Waals surface area contributed by atoms with Gasteiger partial charge in [-0.15, -0.1) is 0 Å². The van der Waals surface area contributed by atoms with Crippen LogP contribution in [0.25, 0.3) is 0 Å². The minimum absolute atomic E-state index is 0.0368. The molecule has 1 aliphatic carbocycles. The van der Waals surface area contributed by atoms with Gasteiger partial charge >= 0.3 is 5.96 Å². The van der Waals surface area contributed by atoms with E-state index in [0.717, 1.165) is 44.1 Å². The number of carbonyl (C=O) groups is 2. The molecule has 1 unspecified atom stereocenters. The lowest BCUT2D eigenvalue weighted by molar-refractivity contribution is -0.521. The Morgan fingerprint density at radius 2 is 1.98 bits per heavy atom. The Morgan fingerprint density at radius 3 is 2.73 bits per heavy atom. The summed E-state index contributed by atoms with van der Waals surface area (Å²) >= 11 is 0. The molecule has 41 heavy (non-hydrogen) atoms. The first-order valence-electron chi connectivity index (χ1n) is 14.5. The van der Waals surface area contributed by atoms with Crippen LogP contribution in [0.4, 0.5) is 0 Å². The molecule has 6 rings (SSSR count). The highest BCUT2D eigenvalue weighted by atomic mass is 16.5. The summed E-state index contributed by atoms with van der Waals surface area (Å²) in [4.78, 5) is 35.7. The second-order valence-electron chi connectivity index (χ2n) is 12.6. The predicted octanol–water partition coefficient (Wildman–Crippen LogP) is -2.70. The molecule has 10 N–H and O–H groups in total. The summed E-state index contributed by atoms with van der Waals surface area (Å²) < 4.78 is 5.91. The van der Waals surface area contributed by atoms with Gasteiger partial charge in [-0.3, -0.25) is 25.2 Å². The average Bonchev–Trinajstić information content (AvgIpc) is 3.41. The summed E-state index contributed by atoms with van der Waals surface area (Å²) in [6, 6.07) is 2.82. The van der Waals surface area contributed by atoms with Crippen molar-refractivity contribution < 1.29 is 29.5 Å². The fourth-order valence-corrected chi connectivity index (χ4v) is 7.24. The van der Waals surface area contributed by atoms with Crippen molar-refractivity contribution in [2.75, 3.05) is 19.7 Å². The third kappa shape index (κ3) is 4.28. The lowest BCUT2D eigenvalue weighted by atomic mass is 9.79. The third-order valence-corrected chi connectivity index (χ3v) is 9.61. The Labute approximate surface area is 238 Å². The van der Waals surface area contributed by atoms with Crippen molar-refractivity contribution in [2.45, 2.75) is 87.4 Å². The number of nitrogens with one attached hydrogen (secondary N) is 4. The molecule has 4 aliphatic heterocycles. The van der Waals surface area contributed by atoms with Gasteiger partial charge in [-0.25, -0.2) is 10.3 Å². The van der Waals surface area contributed by atoms with E-state index in [-0.39, 0.29) is 42.2 Å². The summed E-state index contributed by atoms with van der Waals surface area (Å²) in [5.41, 5.74) is 12.0. The lowest BCUT2D eigenvalue weighted by Crippen LogP contribution is -2.90. The lowest BCUT2D eigenvalue weighted by Gasteiger charge is -2.46. The van der Waals surface area contributed by atoms with Crippen LogP contribution in [-0.4, -0.2) is 88.1 Å². The quantitative estimate of drug-likeness (QED) is 0.174. The second kappa shape index (κ2) is 9.76. The number of hydrogen-bond donors (Lipinski definition) is 8. The van der Waals surface area contributed by atoms with E-state index < -0.39 is 35.5 Å². The number of nitrogens with two attached hydrogens (primary N) is 2. The Bertz CT molecular complexity index is 1310. The molecule has 4 heterocycles. The molecule has 1 saturated heterocycles.